The van der Waals surface area contributed by atoms with E-state index in [-0.39, 0.29) is 5.91 Å². The van der Waals surface area contributed by atoms with Gasteiger partial charge in [-0.1, -0.05) is 29.3 Å². The fourth-order valence-electron chi connectivity index (χ4n) is 2.40. The van der Waals surface area contributed by atoms with Gasteiger partial charge in [-0.05, 0) is 60.7 Å². The summed E-state index contributed by atoms with van der Waals surface area (Å²) in [6.45, 7) is 2.45. The Morgan fingerprint density at radius 1 is 1.15 bits per heavy atom. The van der Waals surface area contributed by atoms with E-state index < -0.39 is 0 Å². The topological polar surface area (TPSA) is 59.9 Å². The van der Waals surface area contributed by atoms with Crippen LogP contribution in [0.3, 0.4) is 0 Å². The molecular formula is C19H16Cl2N2O3S. The minimum absolute atomic E-state index is 0.222. The monoisotopic (exact) mass is 422 g/mol. The van der Waals surface area contributed by atoms with Crippen LogP contribution in [0.4, 0.5) is 5.69 Å². The highest BCUT2D eigenvalue weighted by Gasteiger charge is 2.24. The molecule has 0 aromatic heterocycles. The molecule has 1 heterocycles. The van der Waals surface area contributed by atoms with Crippen molar-refractivity contribution in [2.24, 2.45) is 4.99 Å². The number of amides is 1. The van der Waals surface area contributed by atoms with Crippen LogP contribution in [0.15, 0.2) is 46.3 Å². The van der Waals surface area contributed by atoms with E-state index >= 15 is 0 Å². The Kier molecular flexibility index (Phi) is 6.31. The van der Waals surface area contributed by atoms with Crippen LogP contribution in [0.2, 0.25) is 10.0 Å². The van der Waals surface area contributed by atoms with Crippen LogP contribution in [0.5, 0.6) is 11.5 Å². The third-order valence-corrected chi connectivity index (χ3v) is 4.86. The zero-order chi connectivity index (χ0) is 19.4. The Morgan fingerprint density at radius 3 is 2.56 bits per heavy atom. The Bertz CT molecular complexity index is 924. The molecule has 2 aromatic carbocycles. The summed E-state index contributed by atoms with van der Waals surface area (Å²) < 4.78 is 10.8. The zero-order valence-corrected chi connectivity index (χ0v) is 16.9. The minimum Gasteiger partial charge on any atom is -0.493 e. The summed E-state index contributed by atoms with van der Waals surface area (Å²) in [4.78, 5) is 17.2. The van der Waals surface area contributed by atoms with E-state index in [1.54, 1.807) is 31.4 Å². The number of ether oxygens (including phenoxy) is 2. The van der Waals surface area contributed by atoms with Crippen LogP contribution in [-0.2, 0) is 4.79 Å². The van der Waals surface area contributed by atoms with Gasteiger partial charge in [0.1, 0.15) is 0 Å². The molecule has 1 N–H and O–H groups in total. The number of rotatable bonds is 5. The summed E-state index contributed by atoms with van der Waals surface area (Å²) in [5.41, 5.74) is 1.39. The van der Waals surface area contributed by atoms with Crippen molar-refractivity contribution in [3.05, 3.63) is 56.9 Å². The van der Waals surface area contributed by atoms with Gasteiger partial charge < -0.3 is 14.8 Å². The predicted octanol–water partition coefficient (Wildman–Crippen LogP) is 5.29. The van der Waals surface area contributed by atoms with Crippen LogP contribution < -0.4 is 14.8 Å². The highest BCUT2D eigenvalue weighted by Crippen LogP contribution is 2.33. The molecule has 5 nitrogen and oxygen atoms in total. The average molecular weight is 423 g/mol. The number of nitrogens with one attached hydrogen (secondary N) is 1. The van der Waals surface area contributed by atoms with Crippen LogP contribution in [0, 0.1) is 0 Å². The standard InChI is InChI=1S/C19H16Cl2N2O3S/c1-3-26-15-5-4-11(6-16(15)25-2)7-17-18(24)23-19(27-17)22-14-9-12(20)8-13(21)10-14/h4-10H,3H2,1-2H3,(H,22,23,24)/b17-7+. The van der Waals surface area contributed by atoms with E-state index in [0.717, 1.165) is 5.56 Å². The normalized spacial score (nSPS) is 16.7. The number of hydrogen-bond acceptors (Lipinski definition) is 5. The number of halogens is 2. The molecule has 1 amide bonds. The molecule has 0 saturated carbocycles. The third kappa shape index (κ3) is 4.97. The first kappa shape index (κ1) is 19.6. The van der Waals surface area contributed by atoms with Gasteiger partial charge in [-0.2, -0.15) is 0 Å². The zero-order valence-electron chi connectivity index (χ0n) is 14.6. The number of hydrogen-bond donors (Lipinski definition) is 1. The summed E-state index contributed by atoms with van der Waals surface area (Å²) in [5, 5.41) is 4.16. The largest absolute Gasteiger partial charge is 0.493 e. The van der Waals surface area contributed by atoms with E-state index in [1.807, 2.05) is 25.1 Å². The molecule has 0 bridgehead atoms. The first-order valence-electron chi connectivity index (χ1n) is 8.05. The highest BCUT2D eigenvalue weighted by molar-refractivity contribution is 8.18. The number of aliphatic imine (C=N–C) groups is 1. The molecule has 1 saturated heterocycles. The molecule has 1 fully saturated rings. The molecule has 0 aliphatic carbocycles. The van der Waals surface area contributed by atoms with Crippen molar-refractivity contribution in [2.75, 3.05) is 13.7 Å². The van der Waals surface area contributed by atoms with E-state index in [0.29, 0.717) is 43.9 Å². The van der Waals surface area contributed by atoms with Crippen molar-refractivity contribution in [1.29, 1.82) is 0 Å². The first-order chi connectivity index (χ1) is 13.0. The second kappa shape index (κ2) is 8.69. The van der Waals surface area contributed by atoms with Crippen LogP contribution in [-0.4, -0.2) is 24.8 Å². The molecule has 3 rings (SSSR count). The second-order valence-corrected chi connectivity index (χ2v) is 7.36. The van der Waals surface area contributed by atoms with Crippen molar-refractivity contribution >= 4 is 57.8 Å². The quantitative estimate of drug-likeness (QED) is 0.664. The van der Waals surface area contributed by atoms with E-state index in [2.05, 4.69) is 10.3 Å². The van der Waals surface area contributed by atoms with Crippen LogP contribution >= 0.6 is 35.0 Å². The van der Waals surface area contributed by atoms with Crippen molar-refractivity contribution in [3.63, 3.8) is 0 Å². The molecule has 0 radical (unpaired) electrons. The summed E-state index contributed by atoms with van der Waals surface area (Å²) in [7, 11) is 1.58. The lowest BCUT2D eigenvalue weighted by atomic mass is 10.2. The van der Waals surface area contributed by atoms with Gasteiger partial charge in [-0.25, -0.2) is 4.99 Å². The van der Waals surface area contributed by atoms with Crippen molar-refractivity contribution in [2.45, 2.75) is 6.92 Å². The summed E-state index contributed by atoms with van der Waals surface area (Å²) in [6, 6.07) is 10.5. The van der Waals surface area contributed by atoms with Crippen molar-refractivity contribution in [3.8, 4) is 11.5 Å². The maximum atomic E-state index is 12.2. The third-order valence-electron chi connectivity index (χ3n) is 3.51. The van der Waals surface area contributed by atoms with Gasteiger partial charge in [0.15, 0.2) is 16.7 Å². The SMILES string of the molecule is CCOc1ccc(/C=C2/SC(=Nc3cc(Cl)cc(Cl)c3)NC2=O)cc1OC. The van der Waals surface area contributed by atoms with Gasteiger partial charge in [0.2, 0.25) is 0 Å². The smallest absolute Gasteiger partial charge is 0.264 e. The molecule has 8 heteroatoms. The molecule has 0 spiro atoms. The second-order valence-electron chi connectivity index (χ2n) is 5.45. The van der Waals surface area contributed by atoms with E-state index in [9.17, 15) is 4.79 Å². The van der Waals surface area contributed by atoms with Gasteiger partial charge in [-0.15, -0.1) is 0 Å². The minimum atomic E-state index is -0.222. The highest BCUT2D eigenvalue weighted by atomic mass is 35.5. The van der Waals surface area contributed by atoms with Gasteiger partial charge in [0, 0.05) is 10.0 Å². The number of methoxy groups -OCH3 is 1. The van der Waals surface area contributed by atoms with Crippen LogP contribution in [0.25, 0.3) is 6.08 Å². The Morgan fingerprint density at radius 2 is 1.89 bits per heavy atom. The average Bonchev–Trinajstić information content (AvgIpc) is 2.94. The summed E-state index contributed by atoms with van der Waals surface area (Å²) >= 11 is 13.2. The molecule has 27 heavy (non-hydrogen) atoms. The number of thioether (sulfide) groups is 1. The number of amidine groups is 1. The Hall–Kier alpha value is -2.15. The molecule has 2 aromatic rings. The molecule has 0 atom stereocenters. The lowest BCUT2D eigenvalue weighted by molar-refractivity contribution is -0.115. The summed E-state index contributed by atoms with van der Waals surface area (Å²) in [5.74, 6) is 1.04. The van der Waals surface area contributed by atoms with Crippen LogP contribution in [0.1, 0.15) is 12.5 Å². The lowest BCUT2D eigenvalue weighted by Gasteiger charge is -2.09. The number of carbonyl (C=O) groups is 1. The molecule has 0 unspecified atom stereocenters. The maximum absolute atomic E-state index is 12.2. The molecule has 1 aliphatic heterocycles. The van der Waals surface area contributed by atoms with E-state index in [4.69, 9.17) is 32.7 Å². The van der Waals surface area contributed by atoms with Gasteiger partial charge in [-0.3, -0.25) is 4.79 Å². The Balaban J connectivity index is 1.84. The number of nitrogens with zero attached hydrogens (tertiary/aromatic N) is 1. The van der Waals surface area contributed by atoms with Crippen molar-refractivity contribution in [1.82, 2.24) is 5.32 Å². The first-order valence-corrected chi connectivity index (χ1v) is 9.62. The molecular weight excluding hydrogens is 407 g/mol. The van der Waals surface area contributed by atoms with Gasteiger partial charge >= 0.3 is 0 Å². The number of benzene rings is 2. The Labute approximate surface area is 171 Å². The van der Waals surface area contributed by atoms with Crippen molar-refractivity contribution < 1.29 is 14.3 Å². The molecule has 140 valence electrons. The lowest BCUT2D eigenvalue weighted by Crippen LogP contribution is -2.19. The fraction of sp³-hybridized carbons (Fsp3) is 0.158. The summed E-state index contributed by atoms with van der Waals surface area (Å²) in [6.07, 6.45) is 1.77. The molecule has 1 aliphatic rings. The van der Waals surface area contributed by atoms with Gasteiger partial charge in [0.25, 0.3) is 5.91 Å². The fourth-order valence-corrected chi connectivity index (χ4v) is 3.76. The van der Waals surface area contributed by atoms with E-state index in [1.165, 1.54) is 11.8 Å². The maximum Gasteiger partial charge on any atom is 0.264 e. The predicted molar refractivity (Wildman–Crippen MR) is 111 cm³/mol. The van der Waals surface area contributed by atoms with Gasteiger partial charge in [0.05, 0.1) is 24.3 Å². The number of carbonyl (C=O) groups excluding carboxylic acids is 1.